The number of hydrogen-bond acceptors (Lipinski definition) is 2. The molecule has 0 bridgehead atoms. The van der Waals surface area contributed by atoms with E-state index in [2.05, 4.69) is 0 Å². The Morgan fingerprint density at radius 1 is 1.39 bits per heavy atom. The number of benzene rings is 1. The summed E-state index contributed by atoms with van der Waals surface area (Å²) in [7, 11) is 0. The number of carbonyl (C=O) groups excluding carboxylic acids is 2. The summed E-state index contributed by atoms with van der Waals surface area (Å²) >= 11 is 12.0. The van der Waals surface area contributed by atoms with Gasteiger partial charge in [-0.25, -0.2) is 0 Å². The van der Waals surface area contributed by atoms with Crippen LogP contribution in [0.5, 0.6) is 0 Å². The fourth-order valence-electron chi connectivity index (χ4n) is 1.98. The first-order valence-electron chi connectivity index (χ1n) is 5.45. The molecule has 1 saturated heterocycles. The smallest absolute Gasteiger partial charge is 0.227 e. The van der Waals surface area contributed by atoms with Gasteiger partial charge >= 0.3 is 0 Å². The predicted octanol–water partition coefficient (Wildman–Crippen LogP) is 2.14. The van der Waals surface area contributed by atoms with Crippen LogP contribution in [0.1, 0.15) is 12.0 Å². The second-order valence-electron chi connectivity index (χ2n) is 4.36. The van der Waals surface area contributed by atoms with Gasteiger partial charge in [-0.15, -0.1) is 0 Å². The van der Waals surface area contributed by atoms with E-state index in [9.17, 15) is 9.59 Å². The quantitative estimate of drug-likeness (QED) is 0.905. The molecule has 1 heterocycles. The third-order valence-corrected chi connectivity index (χ3v) is 3.76. The summed E-state index contributed by atoms with van der Waals surface area (Å²) in [6.45, 7) is 2.10. The molecule has 1 aliphatic heterocycles. The van der Waals surface area contributed by atoms with E-state index in [0.29, 0.717) is 15.7 Å². The molecule has 0 saturated carbocycles. The topological polar surface area (TPSA) is 63.4 Å². The Balaban J connectivity index is 2.35. The van der Waals surface area contributed by atoms with Crippen LogP contribution < -0.4 is 10.6 Å². The lowest BCUT2D eigenvalue weighted by molar-refractivity contribution is -0.123. The number of primary amides is 1. The maximum atomic E-state index is 11.9. The number of halogens is 2. The Kier molecular flexibility index (Phi) is 3.50. The van der Waals surface area contributed by atoms with Crippen LogP contribution in [-0.2, 0) is 9.59 Å². The van der Waals surface area contributed by atoms with Crippen molar-refractivity contribution in [2.75, 3.05) is 11.4 Å². The molecule has 96 valence electrons. The highest BCUT2D eigenvalue weighted by Crippen LogP contribution is 2.34. The van der Waals surface area contributed by atoms with Gasteiger partial charge in [0, 0.05) is 18.0 Å². The van der Waals surface area contributed by atoms with Gasteiger partial charge in [0.1, 0.15) is 0 Å². The summed E-state index contributed by atoms with van der Waals surface area (Å²) in [5, 5.41) is 0.936. The lowest BCUT2D eigenvalue weighted by Gasteiger charge is -2.19. The number of anilines is 1. The number of nitrogens with two attached hydrogens (primary N) is 1. The predicted molar refractivity (Wildman–Crippen MR) is 70.9 cm³/mol. The molecule has 2 amide bonds. The van der Waals surface area contributed by atoms with Crippen LogP contribution in [-0.4, -0.2) is 18.4 Å². The van der Waals surface area contributed by atoms with Gasteiger partial charge in [-0.05, 0) is 24.6 Å². The number of aryl methyl sites for hydroxylation is 1. The molecule has 2 N–H and O–H groups in total. The van der Waals surface area contributed by atoms with Gasteiger partial charge in [0.15, 0.2) is 0 Å². The summed E-state index contributed by atoms with van der Waals surface area (Å²) in [4.78, 5) is 24.5. The van der Waals surface area contributed by atoms with Crippen molar-refractivity contribution >= 4 is 40.7 Å². The minimum absolute atomic E-state index is 0.132. The zero-order chi connectivity index (χ0) is 13.4. The van der Waals surface area contributed by atoms with Gasteiger partial charge in [-0.3, -0.25) is 9.59 Å². The van der Waals surface area contributed by atoms with Crippen LogP contribution in [0.4, 0.5) is 5.69 Å². The molecule has 18 heavy (non-hydrogen) atoms. The minimum Gasteiger partial charge on any atom is -0.369 e. The Hall–Kier alpha value is -1.26. The summed E-state index contributed by atoms with van der Waals surface area (Å²) in [5.41, 5.74) is 6.62. The molecule has 0 spiro atoms. The Morgan fingerprint density at radius 2 is 2.06 bits per heavy atom. The Morgan fingerprint density at radius 3 is 2.61 bits per heavy atom. The van der Waals surface area contributed by atoms with E-state index in [0.717, 1.165) is 5.56 Å². The van der Waals surface area contributed by atoms with E-state index in [4.69, 9.17) is 28.9 Å². The molecule has 2 rings (SSSR count). The Labute approximate surface area is 115 Å². The molecule has 6 heteroatoms. The van der Waals surface area contributed by atoms with Crippen molar-refractivity contribution in [2.24, 2.45) is 11.7 Å². The SMILES string of the molecule is Cc1cc(N2CC(C(N)=O)CC2=O)c(Cl)cc1Cl. The molecule has 1 aromatic rings. The summed E-state index contributed by atoms with van der Waals surface area (Å²) in [6.07, 6.45) is 0.132. The van der Waals surface area contributed by atoms with Crippen LogP contribution in [0.25, 0.3) is 0 Å². The molecule has 0 aromatic heterocycles. The van der Waals surface area contributed by atoms with Crippen molar-refractivity contribution in [1.29, 1.82) is 0 Å². The maximum absolute atomic E-state index is 11.9. The monoisotopic (exact) mass is 286 g/mol. The van der Waals surface area contributed by atoms with Crippen molar-refractivity contribution in [2.45, 2.75) is 13.3 Å². The molecule has 1 aliphatic rings. The number of carbonyl (C=O) groups is 2. The van der Waals surface area contributed by atoms with Crippen LogP contribution in [0.3, 0.4) is 0 Å². The number of hydrogen-bond donors (Lipinski definition) is 1. The molecule has 1 fully saturated rings. The molecular formula is C12H12Cl2N2O2. The van der Waals surface area contributed by atoms with Gasteiger partial charge in [-0.1, -0.05) is 23.2 Å². The van der Waals surface area contributed by atoms with Gasteiger partial charge in [0.25, 0.3) is 0 Å². The van der Waals surface area contributed by atoms with E-state index in [1.54, 1.807) is 12.1 Å². The molecule has 0 radical (unpaired) electrons. The van der Waals surface area contributed by atoms with Crippen molar-refractivity contribution in [1.82, 2.24) is 0 Å². The third-order valence-electron chi connectivity index (χ3n) is 3.05. The number of rotatable bonds is 2. The number of nitrogens with zero attached hydrogens (tertiary/aromatic N) is 1. The average molecular weight is 287 g/mol. The number of amides is 2. The first-order chi connectivity index (χ1) is 8.40. The van der Waals surface area contributed by atoms with Crippen molar-refractivity contribution in [3.05, 3.63) is 27.7 Å². The maximum Gasteiger partial charge on any atom is 0.227 e. The lowest BCUT2D eigenvalue weighted by atomic mass is 10.1. The minimum atomic E-state index is -0.465. The third kappa shape index (κ3) is 2.31. The fourth-order valence-corrected chi connectivity index (χ4v) is 2.47. The van der Waals surface area contributed by atoms with E-state index >= 15 is 0 Å². The van der Waals surface area contributed by atoms with Crippen LogP contribution in [0, 0.1) is 12.8 Å². The average Bonchev–Trinajstić information content (AvgIpc) is 2.66. The molecular weight excluding hydrogens is 275 g/mol. The van der Waals surface area contributed by atoms with Crippen LogP contribution >= 0.6 is 23.2 Å². The van der Waals surface area contributed by atoms with E-state index < -0.39 is 11.8 Å². The molecule has 1 aromatic carbocycles. The highest BCUT2D eigenvalue weighted by molar-refractivity contribution is 6.37. The van der Waals surface area contributed by atoms with Crippen LogP contribution in [0.15, 0.2) is 12.1 Å². The van der Waals surface area contributed by atoms with Crippen molar-refractivity contribution < 1.29 is 9.59 Å². The van der Waals surface area contributed by atoms with Gasteiger partial charge in [-0.2, -0.15) is 0 Å². The zero-order valence-corrected chi connectivity index (χ0v) is 11.3. The van der Waals surface area contributed by atoms with Gasteiger partial charge in [0.2, 0.25) is 11.8 Å². The largest absolute Gasteiger partial charge is 0.369 e. The summed E-state index contributed by atoms with van der Waals surface area (Å²) < 4.78 is 0. The Bertz CT molecular complexity index is 531. The van der Waals surface area contributed by atoms with Gasteiger partial charge < -0.3 is 10.6 Å². The second-order valence-corrected chi connectivity index (χ2v) is 5.17. The molecule has 1 unspecified atom stereocenters. The molecule has 4 nitrogen and oxygen atoms in total. The van der Waals surface area contributed by atoms with Crippen molar-refractivity contribution in [3.63, 3.8) is 0 Å². The normalized spacial score (nSPS) is 19.4. The van der Waals surface area contributed by atoms with Gasteiger partial charge in [0.05, 0.1) is 16.6 Å². The fraction of sp³-hybridized carbons (Fsp3) is 0.333. The summed E-state index contributed by atoms with van der Waals surface area (Å²) in [5.74, 6) is -1.07. The zero-order valence-electron chi connectivity index (χ0n) is 9.74. The standard InChI is InChI=1S/C12H12Cl2N2O2/c1-6-2-10(9(14)4-8(6)13)16-5-7(12(15)18)3-11(16)17/h2,4,7H,3,5H2,1H3,(H2,15,18). The molecule has 1 atom stereocenters. The van der Waals surface area contributed by atoms with E-state index in [1.165, 1.54) is 4.90 Å². The van der Waals surface area contributed by atoms with Crippen LogP contribution in [0.2, 0.25) is 10.0 Å². The molecule has 0 aliphatic carbocycles. The van der Waals surface area contributed by atoms with E-state index in [1.807, 2.05) is 6.92 Å². The first kappa shape index (κ1) is 13.2. The second kappa shape index (κ2) is 4.78. The highest BCUT2D eigenvalue weighted by Gasteiger charge is 2.34. The highest BCUT2D eigenvalue weighted by atomic mass is 35.5. The lowest BCUT2D eigenvalue weighted by Crippen LogP contribution is -2.28. The first-order valence-corrected chi connectivity index (χ1v) is 6.21. The van der Waals surface area contributed by atoms with Crippen molar-refractivity contribution in [3.8, 4) is 0 Å². The van der Waals surface area contributed by atoms with E-state index in [-0.39, 0.29) is 18.9 Å². The summed E-state index contributed by atoms with van der Waals surface area (Å²) in [6, 6.07) is 3.34.